The number of aromatic carboxylic acids is 1. The second-order valence-electron chi connectivity index (χ2n) is 8.23. The molecule has 0 fully saturated rings. The van der Waals surface area contributed by atoms with Crippen molar-refractivity contribution in [3.8, 4) is 5.88 Å². The summed E-state index contributed by atoms with van der Waals surface area (Å²) in [6, 6.07) is 11.8. The smallest absolute Gasteiger partial charge is 0.416 e. The number of halogens is 3. The molecule has 2 heterocycles. The molecule has 4 aromatic rings. The van der Waals surface area contributed by atoms with Gasteiger partial charge in [0.05, 0.1) is 23.2 Å². The van der Waals surface area contributed by atoms with Crippen molar-refractivity contribution < 1.29 is 27.8 Å². The van der Waals surface area contributed by atoms with Gasteiger partial charge in [-0.2, -0.15) is 13.2 Å². The molecule has 0 aliphatic carbocycles. The third-order valence-electron chi connectivity index (χ3n) is 5.59. The fourth-order valence-electron chi connectivity index (χ4n) is 3.61. The van der Waals surface area contributed by atoms with Crippen molar-refractivity contribution in [2.75, 3.05) is 18.1 Å². The number of alkyl halides is 3. The number of fused-ring (bicyclic) bond motifs is 1. The predicted molar refractivity (Wildman–Crippen MR) is 131 cm³/mol. The van der Waals surface area contributed by atoms with E-state index in [4.69, 9.17) is 4.74 Å². The van der Waals surface area contributed by atoms with Crippen molar-refractivity contribution in [1.82, 2.24) is 19.9 Å². The third kappa shape index (κ3) is 6.49. The number of carboxylic acid groups (broad SMARTS) is 1. The standard InChI is InChI=1S/C26H24F3N5O3/c1-2-17-14-30-25(31-15-17)34(16-18-8-10-19(11-9-18)26(27,28)29)12-5-13-37-23-22(24(35)36)32-20-6-3-4-7-21(20)33-23/h3-4,6-11,14-15H,2,5,12-13,16H2,1H3,(H,35,36). The molecular formula is C26H24F3N5O3. The van der Waals surface area contributed by atoms with Crippen LogP contribution in [0.5, 0.6) is 5.88 Å². The summed E-state index contributed by atoms with van der Waals surface area (Å²) in [6.45, 7) is 2.79. The van der Waals surface area contributed by atoms with E-state index < -0.39 is 17.7 Å². The first kappa shape index (κ1) is 25.8. The summed E-state index contributed by atoms with van der Waals surface area (Å²) in [5.41, 5.74) is 1.58. The first-order valence-electron chi connectivity index (χ1n) is 11.6. The van der Waals surface area contributed by atoms with Crippen molar-refractivity contribution in [2.45, 2.75) is 32.5 Å². The molecule has 0 aliphatic heterocycles. The van der Waals surface area contributed by atoms with E-state index in [-0.39, 0.29) is 24.7 Å². The maximum atomic E-state index is 12.9. The average Bonchev–Trinajstić information content (AvgIpc) is 2.89. The number of nitrogens with zero attached hydrogens (tertiary/aromatic N) is 5. The number of aromatic nitrogens is 4. The molecule has 0 saturated carbocycles. The summed E-state index contributed by atoms with van der Waals surface area (Å²) < 4.78 is 44.5. The lowest BCUT2D eigenvalue weighted by Crippen LogP contribution is -2.27. The van der Waals surface area contributed by atoms with E-state index in [2.05, 4.69) is 19.9 Å². The fourth-order valence-corrected chi connectivity index (χ4v) is 3.61. The number of hydrogen-bond donors (Lipinski definition) is 1. The minimum absolute atomic E-state index is 0.0796. The molecule has 37 heavy (non-hydrogen) atoms. The Morgan fingerprint density at radius 3 is 2.22 bits per heavy atom. The maximum absolute atomic E-state index is 12.9. The summed E-state index contributed by atoms with van der Waals surface area (Å²) in [5, 5.41) is 9.52. The van der Waals surface area contributed by atoms with Gasteiger partial charge in [0.2, 0.25) is 17.5 Å². The molecule has 11 heteroatoms. The predicted octanol–water partition coefficient (Wildman–Crippen LogP) is 5.17. The van der Waals surface area contributed by atoms with Crippen molar-refractivity contribution in [2.24, 2.45) is 0 Å². The highest BCUT2D eigenvalue weighted by Crippen LogP contribution is 2.29. The van der Waals surface area contributed by atoms with Gasteiger partial charge >= 0.3 is 12.1 Å². The normalized spacial score (nSPS) is 11.5. The van der Waals surface area contributed by atoms with Crippen LogP contribution < -0.4 is 9.64 Å². The lowest BCUT2D eigenvalue weighted by atomic mass is 10.1. The molecule has 0 radical (unpaired) electrons. The highest BCUT2D eigenvalue weighted by molar-refractivity contribution is 5.90. The van der Waals surface area contributed by atoms with E-state index in [1.54, 1.807) is 36.7 Å². The van der Waals surface area contributed by atoms with Crippen molar-refractivity contribution >= 4 is 23.0 Å². The zero-order valence-corrected chi connectivity index (χ0v) is 19.9. The monoisotopic (exact) mass is 511 g/mol. The van der Waals surface area contributed by atoms with Crippen LogP contribution in [-0.4, -0.2) is 44.2 Å². The van der Waals surface area contributed by atoms with Crippen LogP contribution in [0.4, 0.5) is 19.1 Å². The largest absolute Gasteiger partial charge is 0.476 e. The highest BCUT2D eigenvalue weighted by Gasteiger charge is 2.30. The minimum atomic E-state index is -4.41. The van der Waals surface area contributed by atoms with Gasteiger partial charge in [-0.1, -0.05) is 31.2 Å². The summed E-state index contributed by atoms with van der Waals surface area (Å²) in [6.07, 6.45) is 0.221. The van der Waals surface area contributed by atoms with E-state index in [1.165, 1.54) is 12.1 Å². The van der Waals surface area contributed by atoms with Gasteiger partial charge in [-0.05, 0) is 48.2 Å². The summed E-state index contributed by atoms with van der Waals surface area (Å²) in [7, 11) is 0. The molecule has 8 nitrogen and oxygen atoms in total. The fraction of sp³-hybridized carbons (Fsp3) is 0.269. The summed E-state index contributed by atoms with van der Waals surface area (Å²) in [5.74, 6) is -0.903. The van der Waals surface area contributed by atoms with Crippen LogP contribution in [0.3, 0.4) is 0 Å². The number of hydrogen-bond acceptors (Lipinski definition) is 7. The van der Waals surface area contributed by atoms with Crippen molar-refractivity contribution in [3.63, 3.8) is 0 Å². The Morgan fingerprint density at radius 2 is 1.62 bits per heavy atom. The molecule has 0 bridgehead atoms. The lowest BCUT2D eigenvalue weighted by molar-refractivity contribution is -0.137. The van der Waals surface area contributed by atoms with Gasteiger partial charge in [0, 0.05) is 25.5 Å². The van der Waals surface area contributed by atoms with Gasteiger partial charge in [0.25, 0.3) is 0 Å². The average molecular weight is 512 g/mol. The Labute approximate surface area is 210 Å². The molecular weight excluding hydrogens is 487 g/mol. The van der Waals surface area contributed by atoms with Crippen LogP contribution in [0.25, 0.3) is 11.0 Å². The third-order valence-corrected chi connectivity index (χ3v) is 5.59. The van der Waals surface area contributed by atoms with Crippen LogP contribution in [0.2, 0.25) is 0 Å². The Morgan fingerprint density at radius 1 is 0.973 bits per heavy atom. The Kier molecular flexibility index (Phi) is 7.80. The van der Waals surface area contributed by atoms with Gasteiger partial charge in [0.1, 0.15) is 0 Å². The zero-order chi connectivity index (χ0) is 26.4. The van der Waals surface area contributed by atoms with Crippen LogP contribution in [0.1, 0.15) is 40.5 Å². The quantitative estimate of drug-likeness (QED) is 0.291. The highest BCUT2D eigenvalue weighted by atomic mass is 19.4. The van der Waals surface area contributed by atoms with Crippen LogP contribution in [0.15, 0.2) is 60.9 Å². The van der Waals surface area contributed by atoms with Gasteiger partial charge < -0.3 is 14.7 Å². The van der Waals surface area contributed by atoms with Crippen molar-refractivity contribution in [1.29, 1.82) is 0 Å². The molecule has 0 atom stereocenters. The van der Waals surface area contributed by atoms with Crippen LogP contribution in [0, 0.1) is 0 Å². The molecule has 1 N–H and O–H groups in total. The van der Waals surface area contributed by atoms with Crippen molar-refractivity contribution in [3.05, 3.63) is 83.3 Å². The molecule has 0 amide bonds. The Balaban J connectivity index is 1.47. The van der Waals surface area contributed by atoms with E-state index in [0.29, 0.717) is 35.5 Å². The number of para-hydroxylation sites is 2. The van der Waals surface area contributed by atoms with E-state index >= 15 is 0 Å². The number of aryl methyl sites for hydroxylation is 1. The lowest BCUT2D eigenvalue weighted by Gasteiger charge is -2.23. The molecule has 0 spiro atoms. The van der Waals surface area contributed by atoms with Gasteiger partial charge in [0.15, 0.2) is 0 Å². The summed E-state index contributed by atoms with van der Waals surface area (Å²) in [4.78, 5) is 30.7. The first-order valence-corrected chi connectivity index (χ1v) is 11.6. The molecule has 0 saturated heterocycles. The van der Waals surface area contributed by atoms with E-state index in [0.717, 1.165) is 24.1 Å². The van der Waals surface area contributed by atoms with Gasteiger partial charge in [-0.3, -0.25) is 0 Å². The van der Waals surface area contributed by atoms with Gasteiger partial charge in [-0.15, -0.1) is 0 Å². The van der Waals surface area contributed by atoms with Gasteiger partial charge in [-0.25, -0.2) is 24.7 Å². The first-order chi connectivity index (χ1) is 17.7. The number of carbonyl (C=O) groups is 1. The Bertz CT molecular complexity index is 1360. The second kappa shape index (κ2) is 11.2. The molecule has 4 rings (SSSR count). The van der Waals surface area contributed by atoms with Crippen LogP contribution >= 0.6 is 0 Å². The number of benzene rings is 2. The van der Waals surface area contributed by atoms with Crippen LogP contribution in [-0.2, 0) is 19.1 Å². The molecule has 0 aliphatic rings. The summed E-state index contributed by atoms with van der Waals surface area (Å²) >= 11 is 0. The number of carboxylic acids is 1. The molecule has 2 aromatic carbocycles. The molecule has 192 valence electrons. The molecule has 0 unspecified atom stereocenters. The number of rotatable bonds is 10. The van der Waals surface area contributed by atoms with E-state index in [9.17, 15) is 23.1 Å². The maximum Gasteiger partial charge on any atom is 0.416 e. The zero-order valence-electron chi connectivity index (χ0n) is 19.9. The minimum Gasteiger partial charge on any atom is -0.476 e. The van der Waals surface area contributed by atoms with E-state index in [1.807, 2.05) is 11.8 Å². The number of ether oxygens (including phenoxy) is 1. The molecule has 2 aromatic heterocycles. The Hall–Kier alpha value is -4.28. The SMILES string of the molecule is CCc1cnc(N(CCCOc2nc3ccccc3nc2C(=O)O)Cc2ccc(C(F)(F)F)cc2)nc1. The second-order valence-corrected chi connectivity index (χ2v) is 8.23. The number of anilines is 1. The topological polar surface area (TPSA) is 101 Å².